The molecule has 4 rings (SSSR count). The fourth-order valence-corrected chi connectivity index (χ4v) is 3.75. The highest BCUT2D eigenvalue weighted by Crippen LogP contribution is 2.31. The molecule has 0 saturated heterocycles. The van der Waals surface area contributed by atoms with Crippen molar-refractivity contribution < 1.29 is 4.79 Å². The van der Waals surface area contributed by atoms with Gasteiger partial charge in [-0.2, -0.15) is 10.2 Å². The van der Waals surface area contributed by atoms with Crippen LogP contribution in [0.1, 0.15) is 62.1 Å². The quantitative estimate of drug-likeness (QED) is 0.767. The number of nitrogens with zero attached hydrogens (tertiary/aromatic N) is 4. The molecular formula is C20H23N5O2. The molecule has 1 N–H and O–H groups in total. The number of hydrogen-bond acceptors (Lipinski definition) is 4. The Bertz CT molecular complexity index is 1040. The second-order valence-electron chi connectivity index (χ2n) is 7.29. The highest BCUT2D eigenvalue weighted by atomic mass is 16.2. The summed E-state index contributed by atoms with van der Waals surface area (Å²) >= 11 is 0. The average Bonchev–Trinajstić information content (AvgIpc) is 3.33. The van der Waals surface area contributed by atoms with E-state index in [0.29, 0.717) is 22.6 Å². The Kier molecular flexibility index (Phi) is 4.51. The standard InChI is InChI=1S/C20H23N5O2/c1-13(2)24-20(27)16-10-6-5-9-15(16)18(23-24)19(26)22-17-11-12-21-25(17)14-7-3-4-8-14/h5-6,9-14H,3-4,7-8H2,1-2H3,(H,22,26). The molecule has 1 amide bonds. The average molecular weight is 365 g/mol. The summed E-state index contributed by atoms with van der Waals surface area (Å²) in [7, 11) is 0. The van der Waals surface area contributed by atoms with Gasteiger partial charge >= 0.3 is 0 Å². The van der Waals surface area contributed by atoms with E-state index in [1.165, 1.54) is 17.5 Å². The predicted octanol–water partition coefficient (Wildman–Crippen LogP) is 3.54. The lowest BCUT2D eigenvalue weighted by molar-refractivity contribution is 0.102. The van der Waals surface area contributed by atoms with Gasteiger partial charge in [0.05, 0.1) is 23.7 Å². The molecule has 0 aliphatic heterocycles. The normalized spacial score (nSPS) is 14.9. The number of nitrogens with one attached hydrogen (secondary N) is 1. The smallest absolute Gasteiger partial charge is 0.277 e. The second kappa shape index (κ2) is 6.98. The Morgan fingerprint density at radius 1 is 1.15 bits per heavy atom. The minimum Gasteiger partial charge on any atom is -0.305 e. The second-order valence-corrected chi connectivity index (χ2v) is 7.29. The fourth-order valence-electron chi connectivity index (χ4n) is 3.75. The van der Waals surface area contributed by atoms with Gasteiger partial charge in [-0.15, -0.1) is 0 Å². The van der Waals surface area contributed by atoms with Crippen molar-refractivity contribution in [3.05, 3.63) is 52.6 Å². The Morgan fingerprint density at radius 3 is 2.56 bits per heavy atom. The van der Waals surface area contributed by atoms with Crippen molar-refractivity contribution in [2.45, 2.75) is 51.6 Å². The molecule has 1 fully saturated rings. The molecule has 1 aromatic carbocycles. The van der Waals surface area contributed by atoms with E-state index in [1.807, 2.05) is 24.6 Å². The first-order valence-corrected chi connectivity index (χ1v) is 9.42. The van der Waals surface area contributed by atoms with Crippen LogP contribution in [-0.4, -0.2) is 25.5 Å². The van der Waals surface area contributed by atoms with Crippen LogP contribution in [0.3, 0.4) is 0 Å². The summed E-state index contributed by atoms with van der Waals surface area (Å²) < 4.78 is 3.26. The number of benzene rings is 1. The van der Waals surface area contributed by atoms with Crippen LogP contribution in [-0.2, 0) is 0 Å². The van der Waals surface area contributed by atoms with Gasteiger partial charge in [-0.3, -0.25) is 9.59 Å². The maximum Gasteiger partial charge on any atom is 0.277 e. The fraction of sp³-hybridized carbons (Fsp3) is 0.400. The third-order valence-electron chi connectivity index (χ3n) is 5.12. The Morgan fingerprint density at radius 2 is 1.85 bits per heavy atom. The first-order valence-electron chi connectivity index (χ1n) is 9.42. The molecule has 7 heteroatoms. The molecule has 1 saturated carbocycles. The van der Waals surface area contributed by atoms with Crippen molar-refractivity contribution in [1.29, 1.82) is 0 Å². The van der Waals surface area contributed by atoms with E-state index in [1.54, 1.807) is 30.5 Å². The van der Waals surface area contributed by atoms with E-state index < -0.39 is 0 Å². The molecule has 0 spiro atoms. The SMILES string of the molecule is CC(C)n1nc(C(=O)Nc2ccnn2C2CCCC2)c2ccccc2c1=O. The van der Waals surface area contributed by atoms with Gasteiger partial charge in [0.25, 0.3) is 11.5 Å². The van der Waals surface area contributed by atoms with Crippen LogP contribution < -0.4 is 10.9 Å². The zero-order valence-electron chi connectivity index (χ0n) is 15.6. The van der Waals surface area contributed by atoms with Gasteiger partial charge in [0.1, 0.15) is 5.82 Å². The molecule has 0 bridgehead atoms. The number of hydrogen-bond donors (Lipinski definition) is 1. The Hall–Kier alpha value is -2.96. The van der Waals surface area contributed by atoms with Gasteiger partial charge in [0.2, 0.25) is 0 Å². The van der Waals surface area contributed by atoms with Crippen molar-refractivity contribution >= 4 is 22.5 Å². The minimum absolute atomic E-state index is 0.141. The zero-order valence-corrected chi connectivity index (χ0v) is 15.6. The molecule has 1 aliphatic rings. The van der Waals surface area contributed by atoms with Crippen LogP contribution in [0.25, 0.3) is 10.8 Å². The predicted molar refractivity (Wildman–Crippen MR) is 104 cm³/mol. The van der Waals surface area contributed by atoms with Crippen LogP contribution in [0.2, 0.25) is 0 Å². The van der Waals surface area contributed by atoms with Crippen molar-refractivity contribution in [3.8, 4) is 0 Å². The molecule has 0 radical (unpaired) electrons. The molecule has 1 aliphatic carbocycles. The number of carbonyl (C=O) groups is 1. The van der Waals surface area contributed by atoms with Gasteiger partial charge in [-0.1, -0.05) is 31.0 Å². The molecule has 27 heavy (non-hydrogen) atoms. The van der Waals surface area contributed by atoms with Gasteiger partial charge < -0.3 is 5.32 Å². The van der Waals surface area contributed by atoms with Crippen LogP contribution in [0.5, 0.6) is 0 Å². The third-order valence-corrected chi connectivity index (χ3v) is 5.12. The van der Waals surface area contributed by atoms with E-state index in [0.717, 1.165) is 12.8 Å². The lowest BCUT2D eigenvalue weighted by Crippen LogP contribution is -2.29. The maximum atomic E-state index is 13.0. The molecule has 2 heterocycles. The molecule has 0 atom stereocenters. The lowest BCUT2D eigenvalue weighted by Gasteiger charge is -2.16. The van der Waals surface area contributed by atoms with Crippen LogP contribution in [0, 0.1) is 0 Å². The largest absolute Gasteiger partial charge is 0.305 e. The topological polar surface area (TPSA) is 81.8 Å². The van der Waals surface area contributed by atoms with Crippen molar-refractivity contribution in [1.82, 2.24) is 19.6 Å². The van der Waals surface area contributed by atoms with E-state index in [-0.39, 0.29) is 23.2 Å². The lowest BCUT2D eigenvalue weighted by atomic mass is 10.1. The van der Waals surface area contributed by atoms with Crippen LogP contribution in [0.4, 0.5) is 5.82 Å². The summed E-state index contributed by atoms with van der Waals surface area (Å²) in [5.74, 6) is 0.334. The summed E-state index contributed by atoms with van der Waals surface area (Å²) in [6, 6.07) is 9.09. The number of anilines is 1. The summed E-state index contributed by atoms with van der Waals surface area (Å²) in [6.45, 7) is 3.75. The van der Waals surface area contributed by atoms with Gasteiger partial charge in [-0.25, -0.2) is 9.36 Å². The van der Waals surface area contributed by atoms with E-state index >= 15 is 0 Å². The molecule has 3 aromatic rings. The summed E-state index contributed by atoms with van der Waals surface area (Å²) in [6.07, 6.45) is 6.22. The molecule has 0 unspecified atom stereocenters. The first kappa shape index (κ1) is 17.5. The zero-order chi connectivity index (χ0) is 19.0. The van der Waals surface area contributed by atoms with Crippen molar-refractivity contribution in [3.63, 3.8) is 0 Å². The van der Waals surface area contributed by atoms with E-state index in [4.69, 9.17) is 0 Å². The maximum absolute atomic E-state index is 13.0. The Balaban J connectivity index is 1.74. The molecule has 7 nitrogen and oxygen atoms in total. The van der Waals surface area contributed by atoms with Crippen molar-refractivity contribution in [2.24, 2.45) is 0 Å². The summed E-state index contributed by atoms with van der Waals surface area (Å²) in [5.41, 5.74) is 0.0613. The van der Waals surface area contributed by atoms with Crippen LogP contribution in [0.15, 0.2) is 41.3 Å². The van der Waals surface area contributed by atoms with E-state index in [9.17, 15) is 9.59 Å². The number of rotatable bonds is 4. The van der Waals surface area contributed by atoms with Gasteiger partial charge in [0, 0.05) is 11.5 Å². The van der Waals surface area contributed by atoms with Crippen molar-refractivity contribution in [2.75, 3.05) is 5.32 Å². The monoisotopic (exact) mass is 365 g/mol. The van der Waals surface area contributed by atoms with Gasteiger partial charge in [0.15, 0.2) is 5.69 Å². The summed E-state index contributed by atoms with van der Waals surface area (Å²) in [5, 5.41) is 12.8. The van der Waals surface area contributed by atoms with E-state index in [2.05, 4.69) is 15.5 Å². The van der Waals surface area contributed by atoms with Crippen LogP contribution >= 0.6 is 0 Å². The highest BCUT2D eigenvalue weighted by molar-refractivity contribution is 6.10. The minimum atomic E-state index is -0.333. The number of aromatic nitrogens is 4. The number of amides is 1. The first-order chi connectivity index (χ1) is 13.1. The third kappa shape index (κ3) is 3.13. The highest BCUT2D eigenvalue weighted by Gasteiger charge is 2.23. The molecular weight excluding hydrogens is 342 g/mol. The van der Waals surface area contributed by atoms with Gasteiger partial charge in [-0.05, 0) is 32.8 Å². The Labute approximate surface area is 157 Å². The number of fused-ring (bicyclic) bond motifs is 1. The summed E-state index contributed by atoms with van der Waals surface area (Å²) in [4.78, 5) is 25.7. The molecule has 140 valence electrons. The number of carbonyl (C=O) groups excluding carboxylic acids is 1. The molecule has 2 aromatic heterocycles.